The maximum absolute atomic E-state index is 12.9. The van der Waals surface area contributed by atoms with Crippen molar-refractivity contribution in [3.8, 4) is 6.07 Å². The molecular formula is C17H15N5OS3. The molecule has 3 heterocycles. The number of nitrogens with two attached hydrogens (primary N) is 1. The average Bonchev–Trinajstić information content (AvgIpc) is 3.32. The van der Waals surface area contributed by atoms with E-state index in [0.29, 0.717) is 28.5 Å². The van der Waals surface area contributed by atoms with Crippen LogP contribution in [-0.4, -0.2) is 22.2 Å². The van der Waals surface area contributed by atoms with E-state index in [1.54, 1.807) is 4.90 Å². The molecule has 1 aliphatic heterocycles. The third-order valence-corrected chi connectivity index (χ3v) is 7.32. The summed E-state index contributed by atoms with van der Waals surface area (Å²) >= 11 is 4.46. The van der Waals surface area contributed by atoms with Crippen LogP contribution >= 0.6 is 34.4 Å². The minimum Gasteiger partial charge on any atom is -0.384 e. The highest BCUT2D eigenvalue weighted by Gasteiger charge is 2.41. The molecule has 6 nitrogen and oxygen atoms in total. The number of nitrogens with zero attached hydrogens (tertiary/aromatic N) is 4. The lowest BCUT2D eigenvalue weighted by Gasteiger charge is -2.37. The molecule has 0 radical (unpaired) electrons. The van der Waals surface area contributed by atoms with Gasteiger partial charge in [-0.05, 0) is 30.5 Å². The largest absolute Gasteiger partial charge is 0.384 e. The predicted octanol–water partition coefficient (Wildman–Crippen LogP) is 3.63. The molecule has 132 valence electrons. The number of Topliss-reactive ketones (excluding diaryl/α,β-unsaturated/α-hetero) is 1. The van der Waals surface area contributed by atoms with Gasteiger partial charge in [0.1, 0.15) is 5.82 Å². The number of nitriles is 1. The lowest BCUT2D eigenvalue weighted by Crippen LogP contribution is -2.38. The van der Waals surface area contributed by atoms with E-state index in [0.717, 1.165) is 27.8 Å². The van der Waals surface area contributed by atoms with Crippen molar-refractivity contribution in [2.24, 2.45) is 5.73 Å². The summed E-state index contributed by atoms with van der Waals surface area (Å²) in [6, 6.07) is 6.14. The number of carbonyl (C=O) groups is 1. The van der Waals surface area contributed by atoms with Gasteiger partial charge < -0.3 is 5.73 Å². The van der Waals surface area contributed by atoms with Crippen molar-refractivity contribution < 1.29 is 4.79 Å². The summed E-state index contributed by atoms with van der Waals surface area (Å²) in [6.45, 7) is 0. The molecule has 0 bridgehead atoms. The molecule has 1 unspecified atom stereocenters. The monoisotopic (exact) mass is 401 g/mol. The molecular weight excluding hydrogens is 386 g/mol. The first-order chi connectivity index (χ1) is 12.7. The highest BCUT2D eigenvalue weighted by Crippen LogP contribution is 2.47. The van der Waals surface area contributed by atoms with Crippen molar-refractivity contribution >= 4 is 45.4 Å². The van der Waals surface area contributed by atoms with E-state index in [1.165, 1.54) is 34.4 Å². The van der Waals surface area contributed by atoms with Crippen molar-refractivity contribution in [3.05, 3.63) is 45.1 Å². The summed E-state index contributed by atoms with van der Waals surface area (Å²) in [4.78, 5) is 15.6. The van der Waals surface area contributed by atoms with Gasteiger partial charge in [0.15, 0.2) is 10.1 Å². The van der Waals surface area contributed by atoms with Crippen molar-refractivity contribution in [1.82, 2.24) is 10.2 Å². The molecule has 26 heavy (non-hydrogen) atoms. The number of anilines is 1. The predicted molar refractivity (Wildman–Crippen MR) is 104 cm³/mol. The zero-order valence-electron chi connectivity index (χ0n) is 13.9. The number of thiophene rings is 1. The number of thioether (sulfide) groups is 1. The fourth-order valence-electron chi connectivity index (χ4n) is 3.42. The number of hydrogen-bond donors (Lipinski definition) is 1. The molecule has 2 aromatic rings. The Kier molecular flexibility index (Phi) is 4.56. The van der Waals surface area contributed by atoms with Crippen LogP contribution in [0.5, 0.6) is 0 Å². The molecule has 0 amide bonds. The summed E-state index contributed by atoms with van der Waals surface area (Å²) in [5.74, 6) is 0.0552. The lowest BCUT2D eigenvalue weighted by molar-refractivity contribution is -0.116. The van der Waals surface area contributed by atoms with Gasteiger partial charge in [-0.25, -0.2) is 0 Å². The van der Waals surface area contributed by atoms with E-state index in [-0.39, 0.29) is 11.7 Å². The van der Waals surface area contributed by atoms with Gasteiger partial charge >= 0.3 is 0 Å². The number of aromatic nitrogens is 2. The molecule has 2 aliphatic rings. The minimum absolute atomic E-state index is 0.0875. The van der Waals surface area contributed by atoms with Crippen molar-refractivity contribution in [1.29, 1.82) is 5.26 Å². The first-order valence-electron chi connectivity index (χ1n) is 8.02. The quantitative estimate of drug-likeness (QED) is 0.785. The Morgan fingerprint density at radius 3 is 2.92 bits per heavy atom. The molecule has 0 saturated carbocycles. The molecule has 0 spiro atoms. The van der Waals surface area contributed by atoms with Gasteiger partial charge in [-0.2, -0.15) is 5.26 Å². The Bertz CT molecular complexity index is 967. The minimum atomic E-state index is -0.382. The summed E-state index contributed by atoms with van der Waals surface area (Å²) in [6.07, 6.45) is 3.94. The summed E-state index contributed by atoms with van der Waals surface area (Å²) < 4.78 is 0.816. The van der Waals surface area contributed by atoms with E-state index >= 15 is 0 Å². The van der Waals surface area contributed by atoms with E-state index in [9.17, 15) is 10.1 Å². The van der Waals surface area contributed by atoms with Crippen LogP contribution in [0.2, 0.25) is 0 Å². The second kappa shape index (κ2) is 6.87. The number of allylic oxidation sites excluding steroid dienone is 3. The van der Waals surface area contributed by atoms with Crippen molar-refractivity contribution in [2.75, 3.05) is 11.2 Å². The van der Waals surface area contributed by atoms with Crippen LogP contribution in [0, 0.1) is 11.3 Å². The molecule has 0 aromatic carbocycles. The second-order valence-corrected chi connectivity index (χ2v) is 8.87. The highest BCUT2D eigenvalue weighted by atomic mass is 32.2. The smallest absolute Gasteiger partial charge is 0.219 e. The molecule has 0 fully saturated rings. The van der Waals surface area contributed by atoms with Crippen LogP contribution in [0.3, 0.4) is 0 Å². The molecule has 0 saturated heterocycles. The van der Waals surface area contributed by atoms with Crippen LogP contribution in [-0.2, 0) is 4.79 Å². The Labute approximate surface area is 163 Å². The van der Waals surface area contributed by atoms with Gasteiger partial charge in [-0.1, -0.05) is 29.2 Å². The van der Waals surface area contributed by atoms with Gasteiger partial charge in [0, 0.05) is 22.6 Å². The Hall–Kier alpha value is -2.15. The van der Waals surface area contributed by atoms with Gasteiger partial charge in [0.05, 0.1) is 17.6 Å². The van der Waals surface area contributed by atoms with E-state index in [4.69, 9.17) is 5.73 Å². The van der Waals surface area contributed by atoms with Crippen LogP contribution in [0.4, 0.5) is 5.13 Å². The maximum atomic E-state index is 12.9. The standard InChI is InChI=1S/C17H15N5OS3/c1-24-17-21-20-16(26-17)22-10-4-2-5-11(23)14(10)13(9(8-18)15(22)19)12-6-3-7-25-12/h3,6-7,13H,2,4-5,19H2,1H3. The molecule has 1 atom stereocenters. The van der Waals surface area contributed by atoms with Crippen LogP contribution < -0.4 is 10.6 Å². The van der Waals surface area contributed by atoms with Gasteiger partial charge in [-0.15, -0.1) is 21.5 Å². The van der Waals surface area contributed by atoms with Crippen LogP contribution in [0.15, 0.2) is 44.5 Å². The Morgan fingerprint density at radius 1 is 1.42 bits per heavy atom. The number of hydrogen-bond acceptors (Lipinski definition) is 9. The topological polar surface area (TPSA) is 95.9 Å². The zero-order chi connectivity index (χ0) is 18.3. The van der Waals surface area contributed by atoms with Gasteiger partial charge in [0.2, 0.25) is 5.13 Å². The fourth-order valence-corrected chi connectivity index (χ4v) is 5.56. The zero-order valence-corrected chi connectivity index (χ0v) is 16.4. The van der Waals surface area contributed by atoms with Gasteiger partial charge in [-0.3, -0.25) is 9.69 Å². The third-order valence-electron chi connectivity index (χ3n) is 4.50. The van der Waals surface area contributed by atoms with E-state index in [2.05, 4.69) is 16.3 Å². The number of ketones is 1. The van der Waals surface area contributed by atoms with Crippen LogP contribution in [0.25, 0.3) is 0 Å². The third kappa shape index (κ3) is 2.65. The van der Waals surface area contributed by atoms with Crippen molar-refractivity contribution in [2.45, 2.75) is 29.5 Å². The molecule has 2 aromatic heterocycles. The normalized spacial score (nSPS) is 20.4. The van der Waals surface area contributed by atoms with Crippen LogP contribution in [0.1, 0.15) is 30.1 Å². The lowest BCUT2D eigenvalue weighted by atomic mass is 9.78. The first-order valence-corrected chi connectivity index (χ1v) is 10.9. The SMILES string of the molecule is CSc1nnc(N2C(N)=C(C#N)C(c3cccs3)C3=C2CCCC3=O)s1. The van der Waals surface area contributed by atoms with Crippen molar-refractivity contribution in [3.63, 3.8) is 0 Å². The number of rotatable bonds is 3. The molecule has 1 aliphatic carbocycles. The summed E-state index contributed by atoms with van der Waals surface area (Å²) in [5.41, 5.74) is 8.39. The molecule has 4 rings (SSSR count). The number of carbonyl (C=O) groups excluding carboxylic acids is 1. The van der Waals surface area contributed by atoms with E-state index < -0.39 is 0 Å². The molecule has 9 heteroatoms. The average molecular weight is 402 g/mol. The maximum Gasteiger partial charge on any atom is 0.219 e. The Balaban J connectivity index is 1.94. The van der Waals surface area contributed by atoms with Gasteiger partial charge in [0.25, 0.3) is 0 Å². The second-order valence-electron chi connectivity index (χ2n) is 5.89. The van der Waals surface area contributed by atoms with E-state index in [1.807, 2.05) is 23.8 Å². The Morgan fingerprint density at radius 2 is 2.27 bits per heavy atom. The highest BCUT2D eigenvalue weighted by molar-refractivity contribution is 8.00. The fraction of sp³-hybridized carbons (Fsp3) is 0.294. The first kappa shape index (κ1) is 17.3. The summed E-state index contributed by atoms with van der Waals surface area (Å²) in [7, 11) is 0. The summed E-state index contributed by atoms with van der Waals surface area (Å²) in [5, 5.41) is 20.8. The molecule has 2 N–H and O–H groups in total.